The Bertz CT molecular complexity index is 756. The average molecular weight is 387 g/mol. The number of nitrogens with zero attached hydrogens (tertiary/aromatic N) is 1. The Morgan fingerprint density at radius 3 is 2.67 bits per heavy atom. The number of aromatic nitrogens is 1. The second kappa shape index (κ2) is 9.50. The monoisotopic (exact) mass is 386 g/mol. The van der Waals surface area contributed by atoms with E-state index in [2.05, 4.69) is 20.9 Å². The molecule has 3 N–H and O–H groups in total. The third-order valence-corrected chi connectivity index (χ3v) is 5.54. The molecule has 1 aliphatic rings. The molecule has 0 radical (unpaired) electrons. The maximum absolute atomic E-state index is 12.2. The van der Waals surface area contributed by atoms with Gasteiger partial charge in [-0.3, -0.25) is 10.1 Å². The molecule has 2 aromatic rings. The molecule has 0 bridgehead atoms. The van der Waals surface area contributed by atoms with Crippen LogP contribution in [0.1, 0.15) is 56.3 Å². The van der Waals surface area contributed by atoms with Crippen molar-refractivity contribution in [2.75, 3.05) is 5.32 Å². The summed E-state index contributed by atoms with van der Waals surface area (Å²) in [5.74, 6) is -0.0881. The Kier molecular flexibility index (Phi) is 6.81. The lowest BCUT2D eigenvalue weighted by atomic mass is 9.96. The van der Waals surface area contributed by atoms with E-state index in [4.69, 9.17) is 0 Å². The van der Waals surface area contributed by atoms with Crippen molar-refractivity contribution in [2.24, 2.45) is 0 Å². The highest BCUT2D eigenvalue weighted by Crippen LogP contribution is 2.19. The number of amides is 3. The Balaban J connectivity index is 1.45. The molecule has 1 aliphatic carbocycles. The highest BCUT2D eigenvalue weighted by Gasteiger charge is 2.17. The van der Waals surface area contributed by atoms with Crippen molar-refractivity contribution in [1.29, 1.82) is 0 Å². The average Bonchev–Trinajstić information content (AvgIpc) is 3.09. The topological polar surface area (TPSA) is 83.1 Å². The third kappa shape index (κ3) is 6.06. The normalized spacial score (nSPS) is 15.7. The number of hydrogen-bond acceptors (Lipinski definition) is 4. The van der Waals surface area contributed by atoms with Gasteiger partial charge in [-0.15, -0.1) is 11.3 Å². The van der Waals surface area contributed by atoms with Gasteiger partial charge in [0.05, 0.1) is 18.2 Å². The predicted molar refractivity (Wildman–Crippen MR) is 108 cm³/mol. The van der Waals surface area contributed by atoms with Crippen LogP contribution in [0.15, 0.2) is 35.7 Å². The fraction of sp³-hybridized carbons (Fsp3) is 0.450. The summed E-state index contributed by atoms with van der Waals surface area (Å²) in [4.78, 5) is 28.7. The molecule has 1 unspecified atom stereocenters. The zero-order valence-corrected chi connectivity index (χ0v) is 16.3. The van der Waals surface area contributed by atoms with Gasteiger partial charge in [-0.1, -0.05) is 49.6 Å². The van der Waals surface area contributed by atoms with Crippen LogP contribution < -0.4 is 16.0 Å². The van der Waals surface area contributed by atoms with Crippen molar-refractivity contribution >= 4 is 28.4 Å². The Morgan fingerprint density at radius 1 is 1.19 bits per heavy atom. The molecule has 27 heavy (non-hydrogen) atoms. The quantitative estimate of drug-likeness (QED) is 0.701. The standard InChI is InChI=1S/C20H26N4O2S/c1-14(15-8-4-2-5-9-15)21-18(25)12-17-13-27-20(23-17)24-19(26)22-16-10-6-3-7-11-16/h2,4-5,8-9,13-14,16H,3,6-7,10-12H2,1H3,(H,21,25)(H2,22,23,24,26). The lowest BCUT2D eigenvalue weighted by molar-refractivity contribution is -0.121. The van der Waals surface area contributed by atoms with Gasteiger partial charge in [-0.2, -0.15) is 0 Å². The second-order valence-electron chi connectivity index (χ2n) is 6.95. The lowest BCUT2D eigenvalue weighted by Crippen LogP contribution is -2.39. The minimum Gasteiger partial charge on any atom is -0.349 e. The minimum absolute atomic E-state index is 0.0591. The van der Waals surface area contributed by atoms with Gasteiger partial charge in [0.15, 0.2) is 5.13 Å². The van der Waals surface area contributed by atoms with Gasteiger partial charge < -0.3 is 10.6 Å². The molecule has 1 aromatic heterocycles. The zero-order chi connectivity index (χ0) is 19.1. The minimum atomic E-state index is -0.218. The number of carbonyl (C=O) groups excluding carboxylic acids is 2. The first-order chi connectivity index (χ1) is 13.1. The van der Waals surface area contributed by atoms with Crippen LogP contribution in [0.4, 0.5) is 9.93 Å². The largest absolute Gasteiger partial charge is 0.349 e. The molecule has 1 saturated carbocycles. The van der Waals surface area contributed by atoms with E-state index < -0.39 is 0 Å². The Labute approximate surface area is 163 Å². The maximum atomic E-state index is 12.2. The molecule has 3 amide bonds. The summed E-state index contributed by atoms with van der Waals surface area (Å²) >= 11 is 1.33. The highest BCUT2D eigenvalue weighted by molar-refractivity contribution is 7.13. The molecule has 3 rings (SSSR count). The zero-order valence-electron chi connectivity index (χ0n) is 15.5. The maximum Gasteiger partial charge on any atom is 0.321 e. The van der Waals surface area contributed by atoms with Crippen LogP contribution in [0.3, 0.4) is 0 Å². The van der Waals surface area contributed by atoms with Gasteiger partial charge in [0.2, 0.25) is 5.91 Å². The van der Waals surface area contributed by atoms with E-state index in [1.807, 2.05) is 42.6 Å². The SMILES string of the molecule is CC(NC(=O)Cc1csc(NC(=O)NC2CCCCC2)n1)c1ccccc1. The first-order valence-corrected chi connectivity index (χ1v) is 10.3. The van der Waals surface area contributed by atoms with Crippen LogP contribution in [-0.2, 0) is 11.2 Å². The summed E-state index contributed by atoms with van der Waals surface area (Å²) in [5.41, 5.74) is 1.72. The summed E-state index contributed by atoms with van der Waals surface area (Å²) in [7, 11) is 0. The molecule has 1 heterocycles. The number of nitrogens with one attached hydrogen (secondary N) is 3. The number of urea groups is 1. The summed E-state index contributed by atoms with van der Waals surface area (Å²) in [6.45, 7) is 1.96. The molecular formula is C20H26N4O2S. The molecule has 0 spiro atoms. The molecule has 1 fully saturated rings. The van der Waals surface area contributed by atoms with E-state index in [0.717, 1.165) is 18.4 Å². The Hall–Kier alpha value is -2.41. The lowest BCUT2D eigenvalue weighted by Gasteiger charge is -2.22. The number of rotatable bonds is 6. The molecular weight excluding hydrogens is 360 g/mol. The fourth-order valence-corrected chi connectivity index (χ4v) is 4.00. The van der Waals surface area contributed by atoms with Crippen LogP contribution in [-0.4, -0.2) is 23.0 Å². The smallest absolute Gasteiger partial charge is 0.321 e. The van der Waals surface area contributed by atoms with Gasteiger partial charge in [0, 0.05) is 11.4 Å². The van der Waals surface area contributed by atoms with Crippen LogP contribution in [0.2, 0.25) is 0 Å². The van der Waals surface area contributed by atoms with Crippen molar-refractivity contribution in [3.8, 4) is 0 Å². The van der Waals surface area contributed by atoms with E-state index >= 15 is 0 Å². The third-order valence-electron chi connectivity index (χ3n) is 4.73. The number of anilines is 1. The fourth-order valence-electron chi connectivity index (χ4n) is 3.29. The van der Waals surface area contributed by atoms with Gasteiger partial charge in [0.1, 0.15) is 0 Å². The molecule has 1 aromatic carbocycles. The van der Waals surface area contributed by atoms with Crippen LogP contribution in [0.25, 0.3) is 0 Å². The molecule has 1 atom stereocenters. The molecule has 7 heteroatoms. The van der Waals surface area contributed by atoms with Crippen LogP contribution in [0.5, 0.6) is 0 Å². The summed E-state index contributed by atoms with van der Waals surface area (Å²) in [6.07, 6.45) is 5.86. The van der Waals surface area contributed by atoms with E-state index in [1.165, 1.54) is 30.6 Å². The summed E-state index contributed by atoms with van der Waals surface area (Å²) in [5, 5.41) is 11.1. The van der Waals surface area contributed by atoms with Crippen LogP contribution in [0, 0.1) is 0 Å². The number of thiazole rings is 1. The van der Waals surface area contributed by atoms with Crippen molar-refractivity contribution < 1.29 is 9.59 Å². The number of benzene rings is 1. The van der Waals surface area contributed by atoms with Crippen molar-refractivity contribution in [1.82, 2.24) is 15.6 Å². The van der Waals surface area contributed by atoms with Gasteiger partial charge in [0.25, 0.3) is 0 Å². The molecule has 6 nitrogen and oxygen atoms in total. The van der Waals surface area contributed by atoms with Gasteiger partial charge in [-0.05, 0) is 25.3 Å². The van der Waals surface area contributed by atoms with E-state index in [1.54, 1.807) is 0 Å². The van der Waals surface area contributed by atoms with E-state index in [-0.39, 0.29) is 30.4 Å². The first kappa shape index (κ1) is 19.4. The van der Waals surface area contributed by atoms with Crippen LogP contribution >= 0.6 is 11.3 Å². The summed E-state index contributed by atoms with van der Waals surface area (Å²) < 4.78 is 0. The number of carbonyl (C=O) groups is 2. The van der Waals surface area contributed by atoms with Crippen molar-refractivity contribution in [3.05, 3.63) is 47.0 Å². The molecule has 0 aliphatic heterocycles. The van der Waals surface area contributed by atoms with E-state index in [9.17, 15) is 9.59 Å². The highest BCUT2D eigenvalue weighted by atomic mass is 32.1. The van der Waals surface area contributed by atoms with Crippen molar-refractivity contribution in [2.45, 2.75) is 57.5 Å². The first-order valence-electron chi connectivity index (χ1n) is 9.46. The molecule has 144 valence electrons. The Morgan fingerprint density at radius 2 is 1.93 bits per heavy atom. The van der Waals surface area contributed by atoms with E-state index in [0.29, 0.717) is 10.8 Å². The van der Waals surface area contributed by atoms with Gasteiger partial charge in [-0.25, -0.2) is 9.78 Å². The second-order valence-corrected chi connectivity index (χ2v) is 7.81. The molecule has 0 saturated heterocycles. The summed E-state index contributed by atoms with van der Waals surface area (Å²) in [6, 6.07) is 9.81. The van der Waals surface area contributed by atoms with Crippen molar-refractivity contribution in [3.63, 3.8) is 0 Å². The number of hydrogen-bond donors (Lipinski definition) is 3. The van der Waals surface area contributed by atoms with Gasteiger partial charge >= 0.3 is 6.03 Å². The predicted octanol–water partition coefficient (Wildman–Crippen LogP) is 4.02.